The van der Waals surface area contributed by atoms with Crippen LogP contribution in [0.25, 0.3) is 0 Å². The second-order valence-corrected chi connectivity index (χ2v) is 7.74. The normalized spacial score (nSPS) is 22.8. The van der Waals surface area contributed by atoms with Gasteiger partial charge in [-0.05, 0) is 19.1 Å². The number of hydrogen-bond acceptors (Lipinski definition) is 4. The van der Waals surface area contributed by atoms with E-state index < -0.39 is 28.1 Å². The molecule has 0 radical (unpaired) electrons. The lowest BCUT2D eigenvalue weighted by molar-refractivity contribution is -0.138. The Hall–Kier alpha value is -1.93. The molecular weight excluding hydrogens is 320 g/mol. The van der Waals surface area contributed by atoms with E-state index in [1.54, 1.807) is 37.3 Å². The van der Waals surface area contributed by atoms with Crippen LogP contribution in [0.2, 0.25) is 0 Å². The van der Waals surface area contributed by atoms with Crippen molar-refractivity contribution in [3.05, 3.63) is 35.9 Å². The molecule has 0 saturated carbocycles. The summed E-state index contributed by atoms with van der Waals surface area (Å²) in [5, 5.41) is 9.11. The first-order valence-electron chi connectivity index (χ1n) is 7.24. The number of sulfonamides is 1. The number of piperazine rings is 1. The Labute approximate surface area is 135 Å². The number of nitrogens with zero attached hydrogens (tertiary/aromatic N) is 2. The summed E-state index contributed by atoms with van der Waals surface area (Å²) in [5.41, 5.74) is 0.461. The molecule has 1 aromatic rings. The maximum Gasteiger partial charge on any atom is 0.305 e. The van der Waals surface area contributed by atoms with E-state index in [0.717, 1.165) is 6.26 Å². The van der Waals surface area contributed by atoms with Gasteiger partial charge in [-0.3, -0.25) is 9.59 Å². The van der Waals surface area contributed by atoms with Crippen molar-refractivity contribution in [2.24, 2.45) is 0 Å². The van der Waals surface area contributed by atoms with Gasteiger partial charge in [0.15, 0.2) is 0 Å². The smallest absolute Gasteiger partial charge is 0.305 e. The van der Waals surface area contributed by atoms with Crippen LogP contribution >= 0.6 is 0 Å². The number of carboxylic acids is 1. The van der Waals surface area contributed by atoms with Crippen molar-refractivity contribution >= 4 is 21.9 Å². The van der Waals surface area contributed by atoms with Crippen molar-refractivity contribution in [2.75, 3.05) is 19.3 Å². The van der Waals surface area contributed by atoms with Crippen LogP contribution in [0.3, 0.4) is 0 Å². The lowest BCUT2D eigenvalue weighted by atomic mass is 10.0. The molecule has 0 bridgehead atoms. The van der Waals surface area contributed by atoms with Crippen molar-refractivity contribution in [1.82, 2.24) is 9.21 Å². The van der Waals surface area contributed by atoms with E-state index in [2.05, 4.69) is 0 Å². The van der Waals surface area contributed by atoms with Crippen molar-refractivity contribution in [3.8, 4) is 0 Å². The van der Waals surface area contributed by atoms with E-state index in [1.807, 2.05) is 0 Å². The zero-order valence-electron chi connectivity index (χ0n) is 13.0. The minimum absolute atomic E-state index is 0.00591. The Morgan fingerprint density at radius 3 is 2.35 bits per heavy atom. The number of amides is 1. The van der Waals surface area contributed by atoms with Gasteiger partial charge >= 0.3 is 5.97 Å². The molecular formula is C15H20N2O5S. The third-order valence-electron chi connectivity index (χ3n) is 3.89. The van der Waals surface area contributed by atoms with Crippen LogP contribution in [-0.2, 0) is 14.8 Å². The summed E-state index contributed by atoms with van der Waals surface area (Å²) in [5.74, 6) is -1.35. The Balaban J connectivity index is 2.32. The monoisotopic (exact) mass is 340 g/mol. The fourth-order valence-electron chi connectivity index (χ4n) is 2.87. The molecule has 2 rings (SSSR count). The lowest BCUT2D eigenvalue weighted by Crippen LogP contribution is -2.61. The topological polar surface area (TPSA) is 95.0 Å². The fraction of sp³-hybridized carbons (Fsp3) is 0.467. The van der Waals surface area contributed by atoms with E-state index in [0.29, 0.717) is 5.56 Å². The average Bonchev–Trinajstić information content (AvgIpc) is 2.45. The van der Waals surface area contributed by atoms with E-state index in [1.165, 1.54) is 9.21 Å². The lowest BCUT2D eigenvalue weighted by Gasteiger charge is -2.44. The molecule has 1 aliphatic rings. The maximum atomic E-state index is 12.7. The van der Waals surface area contributed by atoms with Gasteiger partial charge in [0.05, 0.1) is 18.7 Å². The average molecular weight is 340 g/mol. The third kappa shape index (κ3) is 4.08. The second-order valence-electron chi connectivity index (χ2n) is 5.76. The minimum Gasteiger partial charge on any atom is -0.481 e. The van der Waals surface area contributed by atoms with E-state index in [4.69, 9.17) is 5.11 Å². The number of rotatable bonds is 4. The molecule has 1 aliphatic heterocycles. The van der Waals surface area contributed by atoms with Gasteiger partial charge in [0.1, 0.15) is 0 Å². The number of benzene rings is 1. The number of carbonyl (C=O) groups excluding carboxylic acids is 1. The molecule has 1 fully saturated rings. The minimum atomic E-state index is -3.44. The highest BCUT2D eigenvalue weighted by atomic mass is 32.2. The van der Waals surface area contributed by atoms with Crippen molar-refractivity contribution < 1.29 is 23.1 Å². The van der Waals surface area contributed by atoms with Gasteiger partial charge in [-0.2, -0.15) is 4.31 Å². The molecule has 0 unspecified atom stereocenters. The molecule has 126 valence electrons. The molecule has 1 saturated heterocycles. The highest BCUT2D eigenvalue weighted by Gasteiger charge is 2.39. The van der Waals surface area contributed by atoms with Gasteiger partial charge in [-0.15, -0.1) is 0 Å². The maximum absolute atomic E-state index is 12.7. The molecule has 1 amide bonds. The summed E-state index contributed by atoms with van der Waals surface area (Å²) in [7, 11) is -3.44. The summed E-state index contributed by atoms with van der Waals surface area (Å²) in [4.78, 5) is 25.3. The quantitative estimate of drug-likeness (QED) is 0.868. The van der Waals surface area contributed by atoms with Gasteiger partial charge in [0.2, 0.25) is 10.0 Å². The predicted molar refractivity (Wildman–Crippen MR) is 84.5 cm³/mol. The Morgan fingerprint density at radius 1 is 1.22 bits per heavy atom. The van der Waals surface area contributed by atoms with Crippen LogP contribution < -0.4 is 0 Å². The summed E-state index contributed by atoms with van der Waals surface area (Å²) in [6, 6.07) is 7.48. The molecule has 0 spiro atoms. The van der Waals surface area contributed by atoms with Gasteiger partial charge in [0.25, 0.3) is 5.91 Å². The molecule has 0 aromatic heterocycles. The molecule has 0 aliphatic carbocycles. The summed E-state index contributed by atoms with van der Waals surface area (Å²) >= 11 is 0. The standard InChI is InChI=1S/C15H20N2O5S/c1-11-9-16(23(2,21)22)10-13(8-14(18)19)17(11)15(20)12-6-4-3-5-7-12/h3-7,11,13H,8-10H2,1-2H3,(H,18,19)/t11-,13+/m0/s1. The largest absolute Gasteiger partial charge is 0.481 e. The third-order valence-corrected chi connectivity index (χ3v) is 5.12. The van der Waals surface area contributed by atoms with Crippen LogP contribution in [-0.4, -0.2) is 66.0 Å². The van der Waals surface area contributed by atoms with Crippen LogP contribution in [0.5, 0.6) is 0 Å². The van der Waals surface area contributed by atoms with E-state index in [9.17, 15) is 18.0 Å². The molecule has 2 atom stereocenters. The molecule has 1 N–H and O–H groups in total. The Bertz CT molecular complexity index is 689. The molecule has 1 aromatic carbocycles. The van der Waals surface area contributed by atoms with Gasteiger partial charge in [-0.1, -0.05) is 18.2 Å². The molecule has 1 heterocycles. The number of carbonyl (C=O) groups is 2. The predicted octanol–water partition coefficient (Wildman–Crippen LogP) is 0.636. The van der Waals surface area contributed by atoms with Gasteiger partial charge in [-0.25, -0.2) is 8.42 Å². The van der Waals surface area contributed by atoms with Crippen LogP contribution in [0, 0.1) is 0 Å². The van der Waals surface area contributed by atoms with Crippen LogP contribution in [0.4, 0.5) is 0 Å². The van der Waals surface area contributed by atoms with Gasteiger partial charge < -0.3 is 10.0 Å². The number of aliphatic carboxylic acids is 1. The summed E-state index contributed by atoms with van der Waals surface area (Å²) in [6.07, 6.45) is 0.793. The zero-order valence-corrected chi connectivity index (χ0v) is 13.9. The SMILES string of the molecule is C[C@H]1CN(S(C)(=O)=O)C[C@@H](CC(=O)O)N1C(=O)c1ccccc1. The molecule has 8 heteroatoms. The van der Waals surface area contributed by atoms with Crippen LogP contribution in [0.1, 0.15) is 23.7 Å². The first kappa shape index (κ1) is 17.4. The molecule has 7 nitrogen and oxygen atoms in total. The Kier molecular flexibility index (Phi) is 5.06. The van der Waals surface area contributed by atoms with Crippen molar-refractivity contribution in [1.29, 1.82) is 0 Å². The van der Waals surface area contributed by atoms with Crippen molar-refractivity contribution in [2.45, 2.75) is 25.4 Å². The van der Waals surface area contributed by atoms with Crippen molar-refractivity contribution in [3.63, 3.8) is 0 Å². The summed E-state index contributed by atoms with van der Waals surface area (Å²) in [6.45, 7) is 1.88. The van der Waals surface area contributed by atoms with E-state index >= 15 is 0 Å². The fourth-order valence-corrected chi connectivity index (χ4v) is 3.80. The number of hydrogen-bond donors (Lipinski definition) is 1. The Morgan fingerprint density at radius 2 is 1.83 bits per heavy atom. The summed E-state index contributed by atoms with van der Waals surface area (Å²) < 4.78 is 24.8. The zero-order chi connectivity index (χ0) is 17.2. The first-order valence-corrected chi connectivity index (χ1v) is 9.09. The van der Waals surface area contributed by atoms with Gasteiger partial charge in [0, 0.05) is 24.7 Å². The number of carboxylic acid groups (broad SMARTS) is 1. The van der Waals surface area contributed by atoms with Crippen LogP contribution in [0.15, 0.2) is 30.3 Å². The first-order chi connectivity index (χ1) is 10.7. The second kappa shape index (κ2) is 6.67. The molecule has 23 heavy (non-hydrogen) atoms. The highest BCUT2D eigenvalue weighted by molar-refractivity contribution is 7.88. The highest BCUT2D eigenvalue weighted by Crippen LogP contribution is 2.23. The van der Waals surface area contributed by atoms with E-state index in [-0.39, 0.29) is 25.4 Å².